The molecule has 0 unspecified atom stereocenters. The van der Waals surface area contributed by atoms with Gasteiger partial charge in [-0.1, -0.05) is 60.7 Å². The molecule has 0 aliphatic heterocycles. The summed E-state index contributed by atoms with van der Waals surface area (Å²) in [6.07, 6.45) is 0.866. The average Bonchev–Trinajstić information content (AvgIpc) is 3.00. The molecule has 0 radical (unpaired) electrons. The molecule has 0 aliphatic carbocycles. The Labute approximate surface area is 147 Å². The van der Waals surface area contributed by atoms with Gasteiger partial charge in [-0.05, 0) is 23.8 Å². The van der Waals surface area contributed by atoms with Crippen molar-refractivity contribution < 1.29 is 9.30 Å². The highest BCUT2D eigenvalue weighted by molar-refractivity contribution is 5.71. The summed E-state index contributed by atoms with van der Waals surface area (Å²) in [4.78, 5) is 3.59. The summed E-state index contributed by atoms with van der Waals surface area (Å²) in [7, 11) is 1.73. The molecule has 0 aliphatic rings. The van der Waals surface area contributed by atoms with E-state index in [0.29, 0.717) is 0 Å². The number of fused-ring (bicyclic) bond motifs is 1. The number of aromatic amines is 1. The van der Waals surface area contributed by atoms with Crippen LogP contribution in [0.5, 0.6) is 5.75 Å². The van der Waals surface area contributed by atoms with Gasteiger partial charge in [-0.25, -0.2) is 9.55 Å². The third-order valence-corrected chi connectivity index (χ3v) is 4.53. The maximum Gasteiger partial charge on any atom is 0.259 e. The van der Waals surface area contributed by atoms with E-state index in [0.717, 1.165) is 24.2 Å². The Hall–Kier alpha value is -3.07. The van der Waals surface area contributed by atoms with Gasteiger partial charge in [0.2, 0.25) is 0 Å². The molecule has 4 aromatic rings. The summed E-state index contributed by atoms with van der Waals surface area (Å²) in [5.41, 5.74) is 4.83. The number of hydrogen-bond acceptors (Lipinski definition) is 1. The van der Waals surface area contributed by atoms with Crippen LogP contribution in [0.25, 0.3) is 11.0 Å². The molecular formula is C22H21N2O+. The number of nitrogens with one attached hydrogen (secondary N) is 1. The fraction of sp³-hybridized carbons (Fsp3) is 0.136. The van der Waals surface area contributed by atoms with E-state index >= 15 is 0 Å². The first-order valence-corrected chi connectivity index (χ1v) is 8.50. The van der Waals surface area contributed by atoms with Crippen LogP contribution in [0.15, 0.2) is 78.9 Å². The van der Waals surface area contributed by atoms with Gasteiger partial charge in [-0.2, -0.15) is 0 Å². The van der Waals surface area contributed by atoms with Crippen molar-refractivity contribution in [1.29, 1.82) is 0 Å². The second-order valence-corrected chi connectivity index (χ2v) is 6.15. The molecule has 0 saturated heterocycles. The van der Waals surface area contributed by atoms with Crippen molar-refractivity contribution >= 4 is 11.0 Å². The Bertz CT molecular complexity index is 989. The zero-order valence-corrected chi connectivity index (χ0v) is 14.3. The average molecular weight is 329 g/mol. The summed E-state index contributed by atoms with van der Waals surface area (Å²) < 4.78 is 7.89. The molecule has 0 spiro atoms. The highest BCUT2D eigenvalue weighted by Crippen LogP contribution is 2.19. The fourth-order valence-electron chi connectivity index (χ4n) is 3.30. The SMILES string of the molecule is COc1ccccc1C[n+]1c(Cc2ccccc2)[nH]c2ccccc21. The Morgan fingerprint density at radius 1 is 0.840 bits per heavy atom. The minimum atomic E-state index is 0.774. The number of methoxy groups -OCH3 is 1. The Morgan fingerprint density at radius 3 is 2.40 bits per heavy atom. The van der Waals surface area contributed by atoms with Crippen LogP contribution in [0.1, 0.15) is 17.0 Å². The van der Waals surface area contributed by atoms with Gasteiger partial charge in [0, 0.05) is 5.56 Å². The van der Waals surface area contributed by atoms with E-state index in [1.807, 2.05) is 12.1 Å². The van der Waals surface area contributed by atoms with Gasteiger partial charge in [0.15, 0.2) is 11.0 Å². The first-order valence-electron chi connectivity index (χ1n) is 8.50. The van der Waals surface area contributed by atoms with Crippen LogP contribution in [-0.4, -0.2) is 12.1 Å². The van der Waals surface area contributed by atoms with Crippen LogP contribution in [0, 0.1) is 0 Å². The second kappa shape index (κ2) is 6.81. The number of hydrogen-bond donors (Lipinski definition) is 1. The van der Waals surface area contributed by atoms with Gasteiger partial charge in [0.05, 0.1) is 13.5 Å². The van der Waals surface area contributed by atoms with Crippen molar-refractivity contribution in [2.24, 2.45) is 0 Å². The number of rotatable bonds is 5. The number of para-hydroxylation sites is 3. The molecule has 0 atom stereocenters. The van der Waals surface area contributed by atoms with Gasteiger partial charge in [0.1, 0.15) is 12.3 Å². The predicted octanol–water partition coefficient (Wildman–Crippen LogP) is 4.10. The van der Waals surface area contributed by atoms with Gasteiger partial charge >= 0.3 is 0 Å². The van der Waals surface area contributed by atoms with E-state index in [9.17, 15) is 0 Å². The van der Waals surface area contributed by atoms with E-state index < -0.39 is 0 Å². The molecule has 3 aromatic carbocycles. The van der Waals surface area contributed by atoms with Crippen molar-refractivity contribution in [1.82, 2.24) is 4.98 Å². The Kier molecular flexibility index (Phi) is 4.21. The minimum absolute atomic E-state index is 0.774. The summed E-state index contributed by atoms with van der Waals surface area (Å²) in [5, 5.41) is 0. The van der Waals surface area contributed by atoms with E-state index in [-0.39, 0.29) is 0 Å². The zero-order chi connectivity index (χ0) is 17.1. The quantitative estimate of drug-likeness (QED) is 0.549. The van der Waals surface area contributed by atoms with Crippen molar-refractivity contribution in [3.8, 4) is 5.75 Å². The van der Waals surface area contributed by atoms with Gasteiger partial charge in [-0.3, -0.25) is 0 Å². The van der Waals surface area contributed by atoms with Crippen LogP contribution in [0.2, 0.25) is 0 Å². The first-order chi connectivity index (χ1) is 12.3. The zero-order valence-electron chi connectivity index (χ0n) is 14.3. The van der Waals surface area contributed by atoms with Crippen LogP contribution >= 0.6 is 0 Å². The largest absolute Gasteiger partial charge is 0.496 e. The third-order valence-electron chi connectivity index (χ3n) is 4.53. The molecular weight excluding hydrogens is 308 g/mol. The van der Waals surface area contributed by atoms with Crippen LogP contribution in [0.3, 0.4) is 0 Å². The topological polar surface area (TPSA) is 28.9 Å². The maximum atomic E-state index is 5.54. The molecule has 3 nitrogen and oxygen atoms in total. The van der Waals surface area contributed by atoms with Crippen molar-refractivity contribution in [2.75, 3.05) is 7.11 Å². The summed E-state index contributed by atoms with van der Waals surface area (Å²) in [6, 6.07) is 27.2. The summed E-state index contributed by atoms with van der Waals surface area (Å²) >= 11 is 0. The maximum absolute atomic E-state index is 5.54. The van der Waals surface area contributed by atoms with Crippen LogP contribution in [-0.2, 0) is 13.0 Å². The number of H-pyrrole nitrogens is 1. The lowest BCUT2D eigenvalue weighted by atomic mass is 10.1. The Balaban J connectivity index is 1.79. The van der Waals surface area contributed by atoms with E-state index in [1.54, 1.807) is 7.11 Å². The molecule has 1 aromatic heterocycles. The molecule has 0 amide bonds. The normalized spacial score (nSPS) is 10.9. The van der Waals surface area contributed by atoms with Crippen LogP contribution in [0.4, 0.5) is 0 Å². The molecule has 25 heavy (non-hydrogen) atoms. The number of imidazole rings is 1. The fourth-order valence-corrected chi connectivity index (χ4v) is 3.30. The second-order valence-electron chi connectivity index (χ2n) is 6.15. The van der Waals surface area contributed by atoms with Gasteiger partial charge < -0.3 is 4.74 Å². The van der Waals surface area contributed by atoms with E-state index in [4.69, 9.17) is 4.74 Å². The highest BCUT2D eigenvalue weighted by atomic mass is 16.5. The number of aromatic nitrogens is 2. The monoisotopic (exact) mass is 329 g/mol. The third kappa shape index (κ3) is 3.13. The number of benzene rings is 3. The first kappa shape index (κ1) is 15.5. The van der Waals surface area contributed by atoms with Crippen molar-refractivity contribution in [3.63, 3.8) is 0 Å². The lowest BCUT2D eigenvalue weighted by Gasteiger charge is -2.08. The Morgan fingerprint density at radius 2 is 1.56 bits per heavy atom. The van der Waals surface area contributed by atoms with Crippen molar-refractivity contribution in [3.05, 3.63) is 95.8 Å². The smallest absolute Gasteiger partial charge is 0.259 e. The van der Waals surface area contributed by atoms with E-state index in [1.165, 1.54) is 22.5 Å². The van der Waals surface area contributed by atoms with Crippen molar-refractivity contribution in [2.45, 2.75) is 13.0 Å². The van der Waals surface area contributed by atoms with E-state index in [2.05, 4.69) is 76.3 Å². The molecule has 0 fully saturated rings. The molecule has 3 heteroatoms. The predicted molar refractivity (Wildman–Crippen MR) is 99.8 cm³/mol. The molecule has 1 N–H and O–H groups in total. The standard InChI is InChI=1S/C22H20N2O/c1-25-21-14-8-5-11-18(21)16-24-20-13-7-6-12-19(20)23-22(24)15-17-9-3-2-4-10-17/h2-14H,15-16H2,1H3/p+1. The molecule has 0 bridgehead atoms. The van der Waals surface area contributed by atoms with Crippen LogP contribution < -0.4 is 9.30 Å². The molecule has 4 rings (SSSR count). The number of nitrogens with zero attached hydrogens (tertiary/aromatic N) is 1. The summed E-state index contributed by atoms with van der Waals surface area (Å²) in [6.45, 7) is 0.774. The highest BCUT2D eigenvalue weighted by Gasteiger charge is 2.20. The van der Waals surface area contributed by atoms with Gasteiger partial charge in [0.25, 0.3) is 5.82 Å². The number of ether oxygens (including phenoxy) is 1. The lowest BCUT2D eigenvalue weighted by molar-refractivity contribution is -0.669. The lowest BCUT2D eigenvalue weighted by Crippen LogP contribution is -2.38. The molecule has 1 heterocycles. The summed E-state index contributed by atoms with van der Waals surface area (Å²) in [5.74, 6) is 2.12. The molecule has 124 valence electrons. The van der Waals surface area contributed by atoms with Gasteiger partial charge in [-0.15, -0.1) is 0 Å². The molecule has 0 saturated carbocycles. The minimum Gasteiger partial charge on any atom is -0.496 e.